The predicted octanol–water partition coefficient (Wildman–Crippen LogP) is 17.1. The number of rotatable bonds is 22. The quantitative estimate of drug-likeness (QED) is 0.0366. The van der Waals surface area contributed by atoms with Crippen molar-refractivity contribution in [2.75, 3.05) is 0 Å². The van der Waals surface area contributed by atoms with E-state index < -0.39 is 0 Å². The second kappa shape index (κ2) is 23.6. The smallest absolute Gasteiger partial charge is 0.191 e. The topological polar surface area (TPSA) is 3.88 Å². The highest BCUT2D eigenvalue weighted by Crippen LogP contribution is 2.35. The zero-order valence-electron chi connectivity index (χ0n) is 34.4. The van der Waals surface area contributed by atoms with Crippen LogP contribution in [-0.2, 0) is 6.54 Å². The maximum Gasteiger partial charge on any atom is 0.213 e. The van der Waals surface area contributed by atoms with Crippen LogP contribution in [0, 0.1) is 0 Å². The van der Waals surface area contributed by atoms with E-state index in [0.29, 0.717) is 10.0 Å². The molecule has 58 heavy (non-hydrogen) atoms. The summed E-state index contributed by atoms with van der Waals surface area (Å²) in [7, 11) is 0. The van der Waals surface area contributed by atoms with Crippen LogP contribution in [0.3, 0.4) is 0 Å². The molecule has 0 N–H and O–H groups in total. The summed E-state index contributed by atoms with van der Waals surface area (Å²) in [6, 6.07) is 49.3. The number of halogens is 2. The average molecular weight is 806 g/mol. The molecule has 0 saturated heterocycles. The van der Waals surface area contributed by atoms with Crippen LogP contribution in [0.4, 0.5) is 0 Å². The summed E-state index contributed by atoms with van der Waals surface area (Å²) in [6.45, 7) is 3.23. The third-order valence-electron chi connectivity index (χ3n) is 11.1. The van der Waals surface area contributed by atoms with Crippen molar-refractivity contribution in [2.24, 2.45) is 0 Å². The van der Waals surface area contributed by atoms with Crippen molar-refractivity contribution >= 4 is 47.5 Å². The molecule has 0 aliphatic carbocycles. The lowest BCUT2D eigenvalue weighted by molar-refractivity contribution is -0.675. The zero-order chi connectivity index (χ0) is 40.2. The Morgan fingerprint density at radius 1 is 0.397 bits per heavy atom. The summed E-state index contributed by atoms with van der Waals surface area (Å²) < 4.78 is 2.54. The first kappa shape index (κ1) is 42.9. The van der Waals surface area contributed by atoms with E-state index in [1.165, 1.54) is 128 Å². The summed E-state index contributed by atoms with van der Waals surface area (Å²) >= 11 is 13.3. The molecule has 0 bridgehead atoms. The van der Waals surface area contributed by atoms with Crippen molar-refractivity contribution < 1.29 is 4.57 Å². The molecule has 1 nitrogen and oxygen atoms in total. The normalized spacial score (nSPS) is 11.6. The molecule has 0 aliphatic rings. The van der Waals surface area contributed by atoms with E-state index in [1.54, 1.807) is 0 Å². The van der Waals surface area contributed by atoms with Gasteiger partial charge < -0.3 is 0 Å². The van der Waals surface area contributed by atoms with Gasteiger partial charge in [0.2, 0.25) is 11.4 Å². The fraction of sp³-hybridized carbons (Fsp3) is 0.291. The molecule has 0 aliphatic heterocycles. The second-order valence-electron chi connectivity index (χ2n) is 15.6. The molecule has 0 fully saturated rings. The molecule has 0 amide bonds. The van der Waals surface area contributed by atoms with E-state index in [-0.39, 0.29) is 0 Å². The first-order valence-corrected chi connectivity index (χ1v) is 22.5. The highest BCUT2D eigenvalue weighted by atomic mass is 35.5. The minimum atomic E-state index is 0.635. The third kappa shape index (κ3) is 13.4. The van der Waals surface area contributed by atoms with Gasteiger partial charge in [-0.25, -0.2) is 0 Å². The van der Waals surface area contributed by atoms with Gasteiger partial charge in [-0.15, -0.1) is 0 Å². The molecule has 1 heterocycles. The molecule has 3 heteroatoms. The van der Waals surface area contributed by atoms with Crippen molar-refractivity contribution in [1.82, 2.24) is 0 Å². The Bertz CT molecular complexity index is 2050. The van der Waals surface area contributed by atoms with Crippen LogP contribution in [0.5, 0.6) is 0 Å². The average Bonchev–Trinajstić information content (AvgIpc) is 3.26. The van der Waals surface area contributed by atoms with Gasteiger partial charge in [-0.3, -0.25) is 0 Å². The minimum Gasteiger partial charge on any atom is -0.191 e. The summed E-state index contributed by atoms with van der Waals surface area (Å²) in [5, 5.41) is 1.29. The Hall–Kier alpha value is -4.69. The summed E-state index contributed by atoms with van der Waals surface area (Å²) in [6.07, 6.45) is 27.6. The Morgan fingerprint density at radius 3 is 1.21 bits per heavy atom. The Balaban J connectivity index is 1.25. The second-order valence-corrected chi connectivity index (χ2v) is 16.5. The van der Waals surface area contributed by atoms with Crippen molar-refractivity contribution in [3.63, 3.8) is 0 Å². The van der Waals surface area contributed by atoms with E-state index in [0.717, 1.165) is 24.1 Å². The molecule has 6 rings (SSSR count). The lowest BCUT2D eigenvalue weighted by Crippen LogP contribution is -2.39. The third-order valence-corrected chi connectivity index (χ3v) is 11.6. The van der Waals surface area contributed by atoms with Crippen LogP contribution in [0.1, 0.15) is 119 Å². The van der Waals surface area contributed by atoms with Crippen LogP contribution in [0.25, 0.3) is 57.9 Å². The van der Waals surface area contributed by atoms with Gasteiger partial charge in [-0.1, -0.05) is 222 Å². The molecule has 6 aromatic rings. The van der Waals surface area contributed by atoms with Gasteiger partial charge in [0.1, 0.15) is 6.54 Å². The van der Waals surface area contributed by atoms with Crippen LogP contribution in [0.15, 0.2) is 140 Å². The maximum atomic E-state index is 6.91. The number of pyridine rings is 1. The summed E-state index contributed by atoms with van der Waals surface area (Å²) in [4.78, 5) is 0. The summed E-state index contributed by atoms with van der Waals surface area (Å²) in [5.74, 6) is 0. The molecule has 1 aromatic heterocycles. The first-order valence-electron chi connectivity index (χ1n) is 21.8. The van der Waals surface area contributed by atoms with Gasteiger partial charge in [0, 0.05) is 45.3 Å². The highest BCUT2D eigenvalue weighted by Gasteiger charge is 2.23. The van der Waals surface area contributed by atoms with Gasteiger partial charge in [0.05, 0.1) is 0 Å². The van der Waals surface area contributed by atoms with Gasteiger partial charge >= 0.3 is 0 Å². The fourth-order valence-electron chi connectivity index (χ4n) is 7.73. The van der Waals surface area contributed by atoms with Crippen LogP contribution in [-0.4, -0.2) is 0 Å². The van der Waals surface area contributed by atoms with E-state index in [9.17, 15) is 0 Å². The Labute approximate surface area is 359 Å². The van der Waals surface area contributed by atoms with Gasteiger partial charge in [-0.2, -0.15) is 4.57 Å². The molecular formula is C55H60Cl2N+. The van der Waals surface area contributed by atoms with Gasteiger partial charge in [0.15, 0.2) is 0 Å². The lowest BCUT2D eigenvalue weighted by Gasteiger charge is -2.14. The van der Waals surface area contributed by atoms with Gasteiger partial charge in [0.25, 0.3) is 0 Å². The number of unbranched alkanes of at least 4 members (excludes halogenated alkanes) is 13. The molecule has 298 valence electrons. The Kier molecular flexibility index (Phi) is 17.5. The number of aromatic nitrogens is 1. The zero-order valence-corrected chi connectivity index (χ0v) is 35.9. The molecule has 0 atom stereocenters. The molecule has 0 unspecified atom stereocenters. The lowest BCUT2D eigenvalue weighted by atomic mass is 9.97. The Morgan fingerprint density at radius 2 is 0.793 bits per heavy atom. The number of hydrogen-bond acceptors (Lipinski definition) is 0. The van der Waals surface area contributed by atoms with E-state index in [4.69, 9.17) is 23.2 Å². The van der Waals surface area contributed by atoms with Crippen LogP contribution >= 0.6 is 23.2 Å². The summed E-state index contributed by atoms with van der Waals surface area (Å²) in [5.41, 5.74) is 11.5. The highest BCUT2D eigenvalue weighted by molar-refractivity contribution is 6.36. The SMILES string of the molecule is CCCCCCCCCCCCCCCC[n+]1c(-c2ccc(/C=C/c3ccccc3)cc2)cc(-c2ccc(Cl)cc2Cl)cc1-c1ccc(/C=C/c2ccccc2)cc1. The molecule has 5 aromatic carbocycles. The molecule has 0 spiro atoms. The van der Waals surface area contributed by atoms with Crippen molar-refractivity contribution in [3.8, 4) is 33.6 Å². The predicted molar refractivity (Wildman–Crippen MR) is 254 cm³/mol. The molecule has 0 saturated carbocycles. The minimum absolute atomic E-state index is 0.635. The number of nitrogens with zero attached hydrogens (tertiary/aromatic N) is 1. The molecular weight excluding hydrogens is 746 g/mol. The number of hydrogen-bond donors (Lipinski definition) is 0. The van der Waals surface area contributed by atoms with Crippen molar-refractivity contribution in [1.29, 1.82) is 0 Å². The van der Waals surface area contributed by atoms with E-state index in [1.807, 2.05) is 18.2 Å². The van der Waals surface area contributed by atoms with Crippen LogP contribution < -0.4 is 4.57 Å². The fourth-order valence-corrected chi connectivity index (χ4v) is 8.25. The first-order chi connectivity index (χ1) is 28.6. The standard InChI is InChI=1S/C55H60Cl2N/c1-2-3-4-5-6-7-8-9-10-11-12-13-14-21-40-58-54(48-34-30-46(31-35-48)28-26-44-22-17-15-18-23-44)41-50(52-39-38-51(56)43-53(52)57)42-55(58)49-36-32-47(33-37-49)29-27-45-24-19-16-20-25-45/h15-20,22-39,41-43H,2-14,21,40H2,1H3/q+1/b28-26+,29-27+. The largest absolute Gasteiger partial charge is 0.213 e. The van der Waals surface area contributed by atoms with Crippen molar-refractivity contribution in [3.05, 3.63) is 172 Å². The monoisotopic (exact) mass is 804 g/mol. The number of benzene rings is 5. The van der Waals surface area contributed by atoms with E-state index >= 15 is 0 Å². The van der Waals surface area contributed by atoms with Crippen LogP contribution in [0.2, 0.25) is 10.0 Å². The van der Waals surface area contributed by atoms with Gasteiger partial charge in [-0.05, 0) is 70.6 Å². The van der Waals surface area contributed by atoms with E-state index in [2.05, 4.69) is 157 Å². The molecule has 0 radical (unpaired) electrons. The van der Waals surface area contributed by atoms with Crippen molar-refractivity contribution in [2.45, 2.75) is 103 Å². The maximum absolute atomic E-state index is 6.91.